The lowest BCUT2D eigenvalue weighted by Crippen LogP contribution is -2.28. The molecule has 0 bridgehead atoms. The zero-order chi connectivity index (χ0) is 12.4. The molecular formula is C13H22N4O. The van der Waals surface area contributed by atoms with Gasteiger partial charge >= 0.3 is 0 Å². The Bertz CT molecular complexity index is 404. The average Bonchev–Trinajstić information content (AvgIpc) is 2.97. The first-order chi connectivity index (χ1) is 8.84. The summed E-state index contributed by atoms with van der Waals surface area (Å²) >= 11 is 0. The first-order valence-corrected chi connectivity index (χ1v) is 7.08. The van der Waals surface area contributed by atoms with Crippen LogP contribution in [0.15, 0.2) is 0 Å². The molecule has 1 fully saturated rings. The molecule has 5 nitrogen and oxygen atoms in total. The normalized spacial score (nSPS) is 27.4. The molecule has 1 aromatic rings. The minimum Gasteiger partial charge on any atom is -0.378 e. The fraction of sp³-hybridized carbons (Fsp3) is 0.846. The lowest BCUT2D eigenvalue weighted by atomic mass is 10.0. The van der Waals surface area contributed by atoms with Gasteiger partial charge in [-0.05, 0) is 32.1 Å². The maximum atomic E-state index is 5.57. The van der Waals surface area contributed by atoms with Crippen molar-refractivity contribution in [3.05, 3.63) is 11.6 Å². The summed E-state index contributed by atoms with van der Waals surface area (Å²) in [5.41, 5.74) is 0. The Morgan fingerprint density at radius 1 is 1.39 bits per heavy atom. The molecule has 0 aromatic carbocycles. The van der Waals surface area contributed by atoms with E-state index in [2.05, 4.69) is 27.0 Å². The van der Waals surface area contributed by atoms with Gasteiger partial charge < -0.3 is 14.6 Å². The van der Waals surface area contributed by atoms with Crippen molar-refractivity contribution in [2.75, 3.05) is 13.2 Å². The minimum absolute atomic E-state index is 0.393. The topological polar surface area (TPSA) is 52.0 Å². The highest BCUT2D eigenvalue weighted by atomic mass is 16.5. The SMILES string of the molecule is CC1OCCC1CNCc1nnc2n1CCCC2. The zero-order valence-electron chi connectivity index (χ0n) is 11.1. The van der Waals surface area contributed by atoms with Crippen LogP contribution < -0.4 is 5.32 Å². The van der Waals surface area contributed by atoms with Crippen LogP contribution in [0.2, 0.25) is 0 Å². The largest absolute Gasteiger partial charge is 0.378 e. The molecule has 2 aliphatic rings. The molecule has 18 heavy (non-hydrogen) atoms. The molecule has 0 aliphatic carbocycles. The van der Waals surface area contributed by atoms with E-state index in [0.29, 0.717) is 12.0 Å². The van der Waals surface area contributed by atoms with Crippen LogP contribution in [-0.4, -0.2) is 34.0 Å². The molecule has 2 unspecified atom stereocenters. The third kappa shape index (κ3) is 2.42. The Labute approximate surface area is 108 Å². The molecule has 1 N–H and O–H groups in total. The Morgan fingerprint density at radius 2 is 2.33 bits per heavy atom. The molecule has 2 aliphatic heterocycles. The third-order valence-electron chi connectivity index (χ3n) is 4.16. The van der Waals surface area contributed by atoms with E-state index >= 15 is 0 Å². The second-order valence-corrected chi connectivity index (χ2v) is 5.40. The Kier molecular flexibility index (Phi) is 3.61. The number of fused-ring (bicyclic) bond motifs is 1. The smallest absolute Gasteiger partial charge is 0.147 e. The minimum atomic E-state index is 0.393. The van der Waals surface area contributed by atoms with E-state index in [0.717, 1.165) is 44.3 Å². The maximum absolute atomic E-state index is 5.57. The quantitative estimate of drug-likeness (QED) is 0.870. The summed E-state index contributed by atoms with van der Waals surface area (Å²) in [5, 5.41) is 12.1. The van der Waals surface area contributed by atoms with E-state index in [1.54, 1.807) is 0 Å². The van der Waals surface area contributed by atoms with E-state index in [1.165, 1.54) is 19.3 Å². The first kappa shape index (κ1) is 12.1. The molecule has 100 valence electrons. The lowest BCUT2D eigenvalue weighted by Gasteiger charge is -2.17. The van der Waals surface area contributed by atoms with Crippen molar-refractivity contribution in [1.82, 2.24) is 20.1 Å². The average molecular weight is 250 g/mol. The molecule has 0 spiro atoms. The molecule has 1 saturated heterocycles. The number of nitrogens with zero attached hydrogens (tertiary/aromatic N) is 3. The molecule has 2 atom stereocenters. The van der Waals surface area contributed by atoms with Crippen LogP contribution in [0.5, 0.6) is 0 Å². The van der Waals surface area contributed by atoms with Crippen molar-refractivity contribution in [2.24, 2.45) is 5.92 Å². The van der Waals surface area contributed by atoms with Gasteiger partial charge in [-0.1, -0.05) is 0 Å². The van der Waals surface area contributed by atoms with E-state index in [1.807, 2.05) is 0 Å². The van der Waals surface area contributed by atoms with Crippen LogP contribution in [0.3, 0.4) is 0 Å². The maximum Gasteiger partial charge on any atom is 0.147 e. The molecule has 3 heterocycles. The predicted octanol–water partition coefficient (Wildman–Crippen LogP) is 1.13. The summed E-state index contributed by atoms with van der Waals surface area (Å²) in [5.74, 6) is 2.90. The molecule has 0 amide bonds. The van der Waals surface area contributed by atoms with Gasteiger partial charge in [0.1, 0.15) is 11.6 Å². The molecule has 3 rings (SSSR count). The second kappa shape index (κ2) is 5.36. The summed E-state index contributed by atoms with van der Waals surface area (Å²) in [4.78, 5) is 0. The summed E-state index contributed by atoms with van der Waals surface area (Å²) in [6, 6.07) is 0. The number of aryl methyl sites for hydroxylation is 1. The van der Waals surface area contributed by atoms with Gasteiger partial charge in [0, 0.05) is 26.1 Å². The van der Waals surface area contributed by atoms with Crippen molar-refractivity contribution in [2.45, 2.75) is 51.8 Å². The van der Waals surface area contributed by atoms with Crippen molar-refractivity contribution in [3.8, 4) is 0 Å². The van der Waals surface area contributed by atoms with Gasteiger partial charge in [-0.2, -0.15) is 0 Å². The van der Waals surface area contributed by atoms with Gasteiger partial charge in [0.15, 0.2) is 0 Å². The number of hydrogen-bond acceptors (Lipinski definition) is 4. The number of aromatic nitrogens is 3. The van der Waals surface area contributed by atoms with Gasteiger partial charge in [-0.25, -0.2) is 0 Å². The molecule has 0 saturated carbocycles. The molecule has 1 aromatic heterocycles. The van der Waals surface area contributed by atoms with E-state index in [4.69, 9.17) is 4.74 Å². The summed E-state index contributed by atoms with van der Waals surface area (Å²) in [6.07, 6.45) is 5.16. The fourth-order valence-electron chi connectivity index (χ4n) is 2.91. The van der Waals surface area contributed by atoms with Crippen LogP contribution in [0.25, 0.3) is 0 Å². The van der Waals surface area contributed by atoms with Gasteiger partial charge in [0.25, 0.3) is 0 Å². The van der Waals surface area contributed by atoms with Crippen LogP contribution in [-0.2, 0) is 24.2 Å². The first-order valence-electron chi connectivity index (χ1n) is 7.08. The monoisotopic (exact) mass is 250 g/mol. The number of ether oxygens (including phenoxy) is 1. The van der Waals surface area contributed by atoms with Crippen LogP contribution in [0.4, 0.5) is 0 Å². The molecule has 0 radical (unpaired) electrons. The van der Waals surface area contributed by atoms with Crippen molar-refractivity contribution >= 4 is 0 Å². The third-order valence-corrected chi connectivity index (χ3v) is 4.16. The van der Waals surface area contributed by atoms with Crippen LogP contribution >= 0.6 is 0 Å². The van der Waals surface area contributed by atoms with E-state index < -0.39 is 0 Å². The Hall–Kier alpha value is -0.940. The number of nitrogens with one attached hydrogen (secondary N) is 1. The molecular weight excluding hydrogens is 228 g/mol. The lowest BCUT2D eigenvalue weighted by molar-refractivity contribution is 0.105. The highest BCUT2D eigenvalue weighted by molar-refractivity contribution is 4.98. The predicted molar refractivity (Wildman–Crippen MR) is 68.2 cm³/mol. The summed E-state index contributed by atoms with van der Waals surface area (Å²) in [6.45, 7) is 6.01. The fourth-order valence-corrected chi connectivity index (χ4v) is 2.91. The van der Waals surface area contributed by atoms with Crippen molar-refractivity contribution < 1.29 is 4.74 Å². The van der Waals surface area contributed by atoms with Crippen molar-refractivity contribution in [3.63, 3.8) is 0 Å². The number of rotatable bonds is 4. The van der Waals surface area contributed by atoms with Gasteiger partial charge in [-0.3, -0.25) is 0 Å². The van der Waals surface area contributed by atoms with E-state index in [9.17, 15) is 0 Å². The highest BCUT2D eigenvalue weighted by Crippen LogP contribution is 2.19. The van der Waals surface area contributed by atoms with Crippen LogP contribution in [0, 0.1) is 5.92 Å². The van der Waals surface area contributed by atoms with Crippen LogP contribution in [0.1, 0.15) is 37.8 Å². The summed E-state index contributed by atoms with van der Waals surface area (Å²) < 4.78 is 7.85. The van der Waals surface area contributed by atoms with Gasteiger partial charge in [0.05, 0.1) is 12.6 Å². The number of hydrogen-bond donors (Lipinski definition) is 1. The Morgan fingerprint density at radius 3 is 3.17 bits per heavy atom. The zero-order valence-corrected chi connectivity index (χ0v) is 11.1. The molecule has 5 heteroatoms. The summed E-state index contributed by atoms with van der Waals surface area (Å²) in [7, 11) is 0. The standard InChI is InChI=1S/C13H22N4O/c1-10-11(5-7-18-10)8-14-9-13-16-15-12-4-2-3-6-17(12)13/h10-11,14H,2-9H2,1H3. The van der Waals surface area contributed by atoms with Gasteiger partial charge in [-0.15, -0.1) is 10.2 Å². The Balaban J connectivity index is 1.52. The second-order valence-electron chi connectivity index (χ2n) is 5.40. The van der Waals surface area contributed by atoms with Gasteiger partial charge in [0.2, 0.25) is 0 Å². The highest BCUT2D eigenvalue weighted by Gasteiger charge is 2.24. The van der Waals surface area contributed by atoms with Crippen molar-refractivity contribution in [1.29, 1.82) is 0 Å². The van der Waals surface area contributed by atoms with E-state index in [-0.39, 0.29) is 0 Å².